The normalized spacial score (nSPS) is 30.3. The molecule has 3 atom stereocenters. The molecule has 1 aliphatic heterocycles. The third-order valence-electron chi connectivity index (χ3n) is 2.76. The van der Waals surface area contributed by atoms with Crippen molar-refractivity contribution in [1.29, 1.82) is 0 Å². The van der Waals surface area contributed by atoms with Gasteiger partial charge in [-0.1, -0.05) is 22.9 Å². The molecule has 0 aromatic heterocycles. The molecule has 0 saturated carbocycles. The fourth-order valence-electron chi connectivity index (χ4n) is 2.05. The van der Waals surface area contributed by atoms with Crippen molar-refractivity contribution in [1.82, 2.24) is 4.90 Å². The minimum absolute atomic E-state index is 0.184. The maximum Gasteiger partial charge on any atom is 0.320 e. The maximum absolute atomic E-state index is 11.2. The number of carbonyl (C=O) groups is 1. The smallest absolute Gasteiger partial charge is 0.320 e. The summed E-state index contributed by atoms with van der Waals surface area (Å²) in [5.74, 6) is 0.555. The quantitative estimate of drug-likeness (QED) is 0.573. The van der Waals surface area contributed by atoms with E-state index in [2.05, 4.69) is 39.4 Å². The number of esters is 1. The van der Waals surface area contributed by atoms with Crippen LogP contribution in [0.2, 0.25) is 0 Å². The molecule has 4 heteroatoms. The Balaban J connectivity index is 2.40. The van der Waals surface area contributed by atoms with E-state index >= 15 is 0 Å². The number of nitrogens with zero attached hydrogens (tertiary/aromatic N) is 1. The lowest BCUT2D eigenvalue weighted by atomic mass is 10.1. The van der Waals surface area contributed by atoms with Crippen molar-refractivity contribution in [3.05, 3.63) is 0 Å². The Bertz CT molecular complexity index is 210. The van der Waals surface area contributed by atoms with Crippen LogP contribution in [-0.4, -0.2) is 41.9 Å². The van der Waals surface area contributed by atoms with Crippen molar-refractivity contribution in [2.45, 2.75) is 31.1 Å². The highest BCUT2D eigenvalue weighted by atomic mass is 79.9. The molecule has 0 bridgehead atoms. The van der Waals surface area contributed by atoms with Gasteiger partial charge in [-0.3, -0.25) is 9.69 Å². The van der Waals surface area contributed by atoms with Crippen LogP contribution < -0.4 is 0 Å². The fraction of sp³-hybridized carbons (Fsp3) is 0.900. The number of alkyl halides is 1. The van der Waals surface area contributed by atoms with Gasteiger partial charge < -0.3 is 4.74 Å². The van der Waals surface area contributed by atoms with Crippen LogP contribution in [0.15, 0.2) is 0 Å². The predicted octanol–water partition coefficient (Wildman–Crippen LogP) is 1.65. The van der Waals surface area contributed by atoms with E-state index in [4.69, 9.17) is 0 Å². The Hall–Kier alpha value is -0.0900. The molecule has 0 aromatic rings. The van der Waals surface area contributed by atoms with Crippen LogP contribution in [-0.2, 0) is 9.53 Å². The van der Waals surface area contributed by atoms with Gasteiger partial charge in [0.2, 0.25) is 0 Å². The van der Waals surface area contributed by atoms with Crippen molar-refractivity contribution in [2.75, 3.05) is 20.2 Å². The molecule has 3 unspecified atom stereocenters. The molecule has 0 amide bonds. The van der Waals surface area contributed by atoms with Gasteiger partial charge >= 0.3 is 5.97 Å². The Morgan fingerprint density at radius 1 is 1.64 bits per heavy atom. The number of rotatable bonds is 3. The zero-order valence-corrected chi connectivity index (χ0v) is 10.6. The number of carbonyl (C=O) groups excluding carboxylic acids is 1. The first-order valence-electron chi connectivity index (χ1n) is 5.00. The van der Waals surface area contributed by atoms with Gasteiger partial charge in [-0.2, -0.15) is 0 Å². The minimum atomic E-state index is -0.194. The van der Waals surface area contributed by atoms with E-state index in [0.29, 0.717) is 6.04 Å². The third-order valence-corrected chi connectivity index (χ3v) is 3.43. The summed E-state index contributed by atoms with van der Waals surface area (Å²) < 4.78 is 4.67. The Labute approximate surface area is 93.9 Å². The highest BCUT2D eigenvalue weighted by Crippen LogP contribution is 2.23. The van der Waals surface area contributed by atoms with Gasteiger partial charge in [-0.15, -0.1) is 0 Å². The predicted molar refractivity (Wildman–Crippen MR) is 59.5 cm³/mol. The van der Waals surface area contributed by atoms with Crippen molar-refractivity contribution >= 4 is 21.9 Å². The summed E-state index contributed by atoms with van der Waals surface area (Å²) in [5, 5.41) is 0. The molecule has 14 heavy (non-hydrogen) atoms. The lowest BCUT2D eigenvalue weighted by Gasteiger charge is -2.22. The minimum Gasteiger partial charge on any atom is -0.468 e. The second kappa shape index (κ2) is 5.12. The molecule has 1 aliphatic rings. The molecule has 0 aromatic carbocycles. The van der Waals surface area contributed by atoms with Crippen LogP contribution in [0.5, 0.6) is 0 Å². The molecule has 3 nitrogen and oxygen atoms in total. The number of likely N-dealkylation sites (tertiary alicyclic amines) is 1. The van der Waals surface area contributed by atoms with Crippen LogP contribution in [0, 0.1) is 5.92 Å². The number of methoxy groups -OCH3 is 1. The summed E-state index contributed by atoms with van der Waals surface area (Å²) in [7, 11) is 1.42. The van der Waals surface area contributed by atoms with Crippen molar-refractivity contribution in [2.24, 2.45) is 5.92 Å². The van der Waals surface area contributed by atoms with Crippen molar-refractivity contribution < 1.29 is 9.53 Å². The third kappa shape index (κ3) is 2.95. The molecule has 1 saturated heterocycles. The van der Waals surface area contributed by atoms with Crippen molar-refractivity contribution in [3.63, 3.8) is 0 Å². The van der Waals surface area contributed by atoms with Crippen LogP contribution in [0.3, 0.4) is 0 Å². The molecule has 0 radical (unpaired) electrons. The van der Waals surface area contributed by atoms with E-state index in [1.807, 2.05) is 0 Å². The molecule has 1 fully saturated rings. The first-order chi connectivity index (χ1) is 6.54. The average molecular weight is 264 g/mol. The summed E-state index contributed by atoms with van der Waals surface area (Å²) in [5.41, 5.74) is 0. The van der Waals surface area contributed by atoms with Gasteiger partial charge in [0, 0.05) is 19.1 Å². The van der Waals surface area contributed by atoms with E-state index in [9.17, 15) is 4.79 Å². The second-order valence-corrected chi connectivity index (χ2v) is 5.24. The summed E-state index contributed by atoms with van der Waals surface area (Å²) in [4.78, 5) is 13.3. The summed E-state index contributed by atoms with van der Waals surface area (Å²) >= 11 is 3.34. The van der Waals surface area contributed by atoms with Crippen molar-refractivity contribution in [3.8, 4) is 0 Å². The molecule has 0 N–H and O–H groups in total. The number of halogens is 1. The second-order valence-electron chi connectivity index (χ2n) is 4.13. The topological polar surface area (TPSA) is 29.5 Å². The van der Waals surface area contributed by atoms with Gasteiger partial charge in [0.25, 0.3) is 0 Å². The van der Waals surface area contributed by atoms with Gasteiger partial charge in [0.05, 0.1) is 7.11 Å². The summed E-state index contributed by atoms with van der Waals surface area (Å²) in [6.45, 7) is 6.29. The van der Waals surface area contributed by atoms with Crippen LogP contribution in [0.1, 0.15) is 20.3 Å². The van der Waals surface area contributed by atoms with Crippen LogP contribution in [0.4, 0.5) is 0 Å². The first kappa shape index (κ1) is 12.0. The molecule has 0 aliphatic carbocycles. The molecular formula is C10H18BrNO2. The monoisotopic (exact) mass is 263 g/mol. The standard InChI is InChI=1S/C10H18BrNO2/c1-7-4-8(2)12(5-7)6-9(11)10(13)14-3/h7-9H,4-6H2,1-3H3. The van der Waals surface area contributed by atoms with Gasteiger partial charge in [0.15, 0.2) is 0 Å². The highest BCUT2D eigenvalue weighted by molar-refractivity contribution is 9.10. The average Bonchev–Trinajstić information content (AvgIpc) is 2.44. The SMILES string of the molecule is COC(=O)C(Br)CN1CC(C)CC1C. The largest absolute Gasteiger partial charge is 0.468 e. The van der Waals surface area contributed by atoms with E-state index in [0.717, 1.165) is 19.0 Å². The lowest BCUT2D eigenvalue weighted by molar-refractivity contribution is -0.140. The van der Waals surface area contributed by atoms with E-state index in [1.54, 1.807) is 0 Å². The fourth-order valence-corrected chi connectivity index (χ4v) is 2.61. The lowest BCUT2D eigenvalue weighted by Crippen LogP contribution is -2.36. The van der Waals surface area contributed by atoms with E-state index in [-0.39, 0.29) is 10.8 Å². The van der Waals surface area contributed by atoms with Crippen LogP contribution in [0.25, 0.3) is 0 Å². The first-order valence-corrected chi connectivity index (χ1v) is 5.92. The molecule has 0 spiro atoms. The van der Waals surface area contributed by atoms with E-state index in [1.165, 1.54) is 13.5 Å². The summed E-state index contributed by atoms with van der Waals surface area (Å²) in [6, 6.07) is 0.578. The van der Waals surface area contributed by atoms with Gasteiger partial charge in [-0.25, -0.2) is 0 Å². The van der Waals surface area contributed by atoms with Gasteiger partial charge in [-0.05, 0) is 19.3 Å². The van der Waals surface area contributed by atoms with E-state index < -0.39 is 0 Å². The molecule has 82 valence electrons. The van der Waals surface area contributed by atoms with Crippen LogP contribution >= 0.6 is 15.9 Å². The Morgan fingerprint density at radius 3 is 2.71 bits per heavy atom. The van der Waals surface area contributed by atoms with Gasteiger partial charge in [0.1, 0.15) is 4.83 Å². The molecule has 1 heterocycles. The summed E-state index contributed by atoms with van der Waals surface area (Å²) in [6.07, 6.45) is 1.22. The Kier molecular flexibility index (Phi) is 4.38. The molecular weight excluding hydrogens is 246 g/mol. The zero-order chi connectivity index (χ0) is 10.7. The number of ether oxygens (including phenoxy) is 1. The highest BCUT2D eigenvalue weighted by Gasteiger charge is 2.29. The number of hydrogen-bond acceptors (Lipinski definition) is 3. The zero-order valence-electron chi connectivity index (χ0n) is 9.00. The Morgan fingerprint density at radius 2 is 2.29 bits per heavy atom. The molecule has 1 rings (SSSR count). The number of hydrogen-bond donors (Lipinski definition) is 0. The maximum atomic E-state index is 11.2.